The third-order valence-electron chi connectivity index (χ3n) is 3.76. The molecule has 1 saturated heterocycles. The number of hydrogen-bond acceptors (Lipinski definition) is 4. The molecule has 1 aromatic carbocycles. The Morgan fingerprint density at radius 1 is 1.42 bits per heavy atom. The average Bonchev–Trinajstić information content (AvgIpc) is 2.37. The van der Waals surface area contributed by atoms with Crippen LogP contribution in [0, 0.1) is 5.92 Å². The Bertz CT molecular complexity index is 557. The summed E-state index contributed by atoms with van der Waals surface area (Å²) in [7, 11) is -3.69. The van der Waals surface area contributed by atoms with E-state index in [0.29, 0.717) is 11.6 Å². The van der Waals surface area contributed by atoms with Gasteiger partial charge in [-0.1, -0.05) is 13.3 Å². The Balaban J connectivity index is 2.26. The van der Waals surface area contributed by atoms with Gasteiger partial charge < -0.3 is 10.6 Å². The van der Waals surface area contributed by atoms with E-state index in [1.807, 2.05) is 0 Å². The molecule has 1 atom stereocenters. The van der Waals surface area contributed by atoms with Gasteiger partial charge in [0.25, 0.3) is 0 Å². The van der Waals surface area contributed by atoms with E-state index in [2.05, 4.69) is 11.8 Å². The van der Waals surface area contributed by atoms with Gasteiger partial charge in [0.05, 0.1) is 16.3 Å². The Labute approximate surface area is 114 Å². The molecule has 1 unspecified atom stereocenters. The number of nitrogen functional groups attached to an aromatic ring is 1. The molecule has 19 heavy (non-hydrogen) atoms. The van der Waals surface area contributed by atoms with Gasteiger partial charge in [-0.2, -0.15) is 0 Å². The summed E-state index contributed by atoms with van der Waals surface area (Å²) in [4.78, 5) is 2.30. The maximum Gasteiger partial charge on any atom is 0.238 e. The van der Waals surface area contributed by atoms with Gasteiger partial charge in [-0.3, -0.25) is 0 Å². The van der Waals surface area contributed by atoms with Crippen molar-refractivity contribution >= 4 is 21.4 Å². The summed E-state index contributed by atoms with van der Waals surface area (Å²) in [6, 6.07) is 4.73. The zero-order valence-electron chi connectivity index (χ0n) is 11.2. The van der Waals surface area contributed by atoms with Gasteiger partial charge in [-0.05, 0) is 37.0 Å². The number of nitrogens with two attached hydrogens (primary N) is 2. The zero-order valence-corrected chi connectivity index (χ0v) is 12.0. The molecule has 5 nitrogen and oxygen atoms in total. The minimum absolute atomic E-state index is 0.0674. The minimum atomic E-state index is -3.69. The van der Waals surface area contributed by atoms with Gasteiger partial charge in [0, 0.05) is 13.1 Å². The second-order valence-corrected chi connectivity index (χ2v) is 6.69. The van der Waals surface area contributed by atoms with Crippen molar-refractivity contribution in [1.29, 1.82) is 0 Å². The first kappa shape index (κ1) is 14.1. The van der Waals surface area contributed by atoms with Crippen LogP contribution in [0.1, 0.15) is 26.2 Å². The molecule has 0 radical (unpaired) electrons. The van der Waals surface area contributed by atoms with E-state index in [9.17, 15) is 8.42 Å². The van der Waals surface area contributed by atoms with Crippen LogP contribution in [0.3, 0.4) is 0 Å². The molecule has 1 aromatic rings. The summed E-state index contributed by atoms with van der Waals surface area (Å²) >= 11 is 0. The fourth-order valence-electron chi connectivity index (χ4n) is 2.61. The van der Waals surface area contributed by atoms with Crippen molar-refractivity contribution in [2.75, 3.05) is 23.7 Å². The first-order chi connectivity index (χ1) is 8.91. The highest BCUT2D eigenvalue weighted by atomic mass is 32.2. The fourth-order valence-corrected chi connectivity index (χ4v) is 3.16. The largest absolute Gasteiger partial charge is 0.397 e. The van der Waals surface area contributed by atoms with Crippen LogP contribution >= 0.6 is 0 Å². The van der Waals surface area contributed by atoms with Crippen molar-refractivity contribution in [3.8, 4) is 0 Å². The highest BCUT2D eigenvalue weighted by molar-refractivity contribution is 7.89. The van der Waals surface area contributed by atoms with Crippen molar-refractivity contribution in [1.82, 2.24) is 0 Å². The lowest BCUT2D eigenvalue weighted by molar-refractivity contribution is 0.405. The fraction of sp³-hybridized carbons (Fsp3) is 0.538. The second kappa shape index (κ2) is 5.38. The van der Waals surface area contributed by atoms with E-state index in [0.717, 1.165) is 31.6 Å². The average molecular weight is 283 g/mol. The van der Waals surface area contributed by atoms with Crippen LogP contribution in [0.4, 0.5) is 11.4 Å². The number of primary sulfonamides is 1. The number of nitrogens with zero attached hydrogens (tertiary/aromatic N) is 1. The topological polar surface area (TPSA) is 89.4 Å². The summed E-state index contributed by atoms with van der Waals surface area (Å²) in [5, 5.41) is 5.10. The van der Waals surface area contributed by atoms with Crippen molar-refractivity contribution in [3.63, 3.8) is 0 Å². The molecular weight excluding hydrogens is 262 g/mol. The minimum Gasteiger partial charge on any atom is -0.397 e. The smallest absolute Gasteiger partial charge is 0.238 e. The van der Waals surface area contributed by atoms with Crippen molar-refractivity contribution in [2.45, 2.75) is 31.1 Å². The summed E-state index contributed by atoms with van der Waals surface area (Å²) in [6.07, 6.45) is 3.56. The van der Waals surface area contributed by atoms with E-state index < -0.39 is 10.0 Å². The number of sulfonamides is 1. The molecule has 0 bridgehead atoms. The van der Waals surface area contributed by atoms with Gasteiger partial charge in [0.1, 0.15) is 0 Å². The number of anilines is 2. The quantitative estimate of drug-likeness (QED) is 0.823. The summed E-state index contributed by atoms with van der Waals surface area (Å²) in [6.45, 7) is 4.15. The van der Waals surface area contributed by atoms with Crippen LogP contribution in [0.25, 0.3) is 0 Å². The Morgan fingerprint density at radius 2 is 2.16 bits per heavy atom. The van der Waals surface area contributed by atoms with Gasteiger partial charge >= 0.3 is 0 Å². The predicted molar refractivity (Wildman–Crippen MR) is 77.5 cm³/mol. The molecule has 1 heterocycles. The van der Waals surface area contributed by atoms with Crippen LogP contribution in [-0.4, -0.2) is 21.5 Å². The van der Waals surface area contributed by atoms with Crippen LogP contribution in [0.2, 0.25) is 0 Å². The Kier molecular flexibility index (Phi) is 4.01. The third kappa shape index (κ3) is 3.19. The van der Waals surface area contributed by atoms with Gasteiger partial charge in [0.2, 0.25) is 10.0 Å². The summed E-state index contributed by atoms with van der Waals surface area (Å²) in [5.41, 5.74) is 7.36. The van der Waals surface area contributed by atoms with Crippen LogP contribution in [0.15, 0.2) is 23.1 Å². The molecule has 0 saturated carbocycles. The lowest BCUT2D eigenvalue weighted by Crippen LogP contribution is -2.35. The molecule has 0 aromatic heterocycles. The molecular formula is C13H21N3O2S. The molecule has 106 valence electrons. The number of piperidine rings is 1. The molecule has 4 N–H and O–H groups in total. The number of hydrogen-bond donors (Lipinski definition) is 2. The summed E-state index contributed by atoms with van der Waals surface area (Å²) < 4.78 is 22.6. The van der Waals surface area contributed by atoms with Gasteiger partial charge in [-0.25, -0.2) is 13.6 Å². The SMILES string of the molecule is CCC1CCCN(c2ccc(S(N)(=O)=O)cc2N)C1. The summed E-state index contributed by atoms with van der Waals surface area (Å²) in [5.74, 6) is 0.686. The zero-order chi connectivity index (χ0) is 14.0. The molecule has 1 fully saturated rings. The molecule has 1 aliphatic heterocycles. The highest BCUT2D eigenvalue weighted by Crippen LogP contribution is 2.30. The highest BCUT2D eigenvalue weighted by Gasteiger charge is 2.21. The molecule has 6 heteroatoms. The standard InChI is InChI=1S/C13H21N3O2S/c1-2-10-4-3-7-16(9-10)13-6-5-11(8-12(13)14)19(15,17)18/h5-6,8,10H,2-4,7,9,14H2,1H3,(H2,15,17,18). The molecule has 2 rings (SSSR count). The first-order valence-electron chi connectivity index (χ1n) is 6.59. The Hall–Kier alpha value is -1.27. The molecule has 0 aliphatic carbocycles. The van der Waals surface area contributed by atoms with Crippen molar-refractivity contribution in [2.24, 2.45) is 11.1 Å². The van der Waals surface area contributed by atoms with E-state index in [4.69, 9.17) is 10.9 Å². The molecule has 0 amide bonds. The lowest BCUT2D eigenvalue weighted by atomic mass is 9.95. The van der Waals surface area contributed by atoms with Crippen LogP contribution in [0.5, 0.6) is 0 Å². The second-order valence-electron chi connectivity index (χ2n) is 5.13. The maximum atomic E-state index is 11.3. The van der Waals surface area contributed by atoms with E-state index in [1.165, 1.54) is 18.6 Å². The molecule has 0 spiro atoms. The van der Waals surface area contributed by atoms with Gasteiger partial charge in [0.15, 0.2) is 0 Å². The third-order valence-corrected chi connectivity index (χ3v) is 4.68. The predicted octanol–water partition coefficient (Wildman–Crippen LogP) is 1.54. The van der Waals surface area contributed by atoms with Crippen molar-refractivity contribution in [3.05, 3.63) is 18.2 Å². The van der Waals surface area contributed by atoms with Crippen LogP contribution in [-0.2, 0) is 10.0 Å². The van der Waals surface area contributed by atoms with Gasteiger partial charge in [-0.15, -0.1) is 0 Å². The van der Waals surface area contributed by atoms with E-state index >= 15 is 0 Å². The van der Waals surface area contributed by atoms with Crippen molar-refractivity contribution < 1.29 is 8.42 Å². The normalized spacial score (nSPS) is 20.5. The van der Waals surface area contributed by atoms with E-state index in [1.54, 1.807) is 6.07 Å². The lowest BCUT2D eigenvalue weighted by Gasteiger charge is -2.34. The molecule has 1 aliphatic rings. The van der Waals surface area contributed by atoms with Crippen LogP contribution < -0.4 is 15.8 Å². The van der Waals surface area contributed by atoms with E-state index in [-0.39, 0.29) is 4.90 Å². The monoisotopic (exact) mass is 283 g/mol. The Morgan fingerprint density at radius 3 is 2.74 bits per heavy atom. The number of rotatable bonds is 3. The number of benzene rings is 1. The maximum absolute atomic E-state index is 11.3. The first-order valence-corrected chi connectivity index (χ1v) is 8.13.